The number of carbonyl (C=O) groups is 2. The van der Waals surface area contributed by atoms with E-state index in [4.69, 9.17) is 0 Å². The van der Waals surface area contributed by atoms with Gasteiger partial charge in [0.05, 0.1) is 25.0 Å². The Morgan fingerprint density at radius 1 is 1.10 bits per heavy atom. The predicted octanol–water partition coefficient (Wildman–Crippen LogP) is 1.58. The Kier molecular flexibility index (Phi) is 5.19. The van der Waals surface area contributed by atoms with Gasteiger partial charge in [0, 0.05) is 25.8 Å². The number of hydrogen-bond acceptors (Lipinski definition) is 6. The number of hydrogen-bond donors (Lipinski definition) is 1. The molecule has 3 heterocycles. The highest BCUT2D eigenvalue weighted by Gasteiger charge is 2.57. The van der Waals surface area contributed by atoms with Crippen molar-refractivity contribution in [3.8, 4) is 0 Å². The molecule has 2 saturated heterocycles. The smallest absolute Gasteiger partial charge is 0.328 e. The molecule has 0 saturated carbocycles. The highest BCUT2D eigenvalue weighted by Crippen LogP contribution is 2.39. The summed E-state index contributed by atoms with van der Waals surface area (Å²) >= 11 is 0. The summed E-state index contributed by atoms with van der Waals surface area (Å²) in [6.07, 6.45) is 4.47. The van der Waals surface area contributed by atoms with Gasteiger partial charge in [-0.05, 0) is 25.3 Å². The number of carbonyl (C=O) groups excluding carboxylic acids is 2. The van der Waals surface area contributed by atoms with Crippen LogP contribution in [-0.2, 0) is 11.3 Å². The zero-order chi connectivity index (χ0) is 20.4. The van der Waals surface area contributed by atoms with Crippen molar-refractivity contribution >= 4 is 17.8 Å². The minimum absolute atomic E-state index is 0.0256. The summed E-state index contributed by atoms with van der Waals surface area (Å²) < 4.78 is 0. The van der Waals surface area contributed by atoms with Crippen molar-refractivity contribution in [2.45, 2.75) is 31.8 Å². The molecule has 2 aromatic rings. The van der Waals surface area contributed by atoms with E-state index in [0.29, 0.717) is 32.5 Å². The molecular formula is C21H25N5O3. The van der Waals surface area contributed by atoms with E-state index in [1.807, 2.05) is 37.3 Å². The first kappa shape index (κ1) is 19.3. The van der Waals surface area contributed by atoms with Crippen LogP contribution < -0.4 is 4.90 Å². The van der Waals surface area contributed by atoms with Gasteiger partial charge in [-0.3, -0.25) is 14.7 Å². The second-order valence-electron chi connectivity index (χ2n) is 7.57. The molecule has 0 bridgehead atoms. The first-order valence-corrected chi connectivity index (χ1v) is 9.87. The number of aromatic nitrogens is 2. The standard InChI is InChI=1S/C21H25N5O3/c1-16-13-22-14-18(23-16)24-9-7-21(8-10-24)19(28)25(11-12-27)20(29)26(21)15-17-5-3-2-4-6-17/h2-6,13-14,27H,7-12,15H2,1H3. The number of aryl methyl sites for hydroxylation is 1. The first-order chi connectivity index (χ1) is 14.0. The lowest BCUT2D eigenvalue weighted by molar-refractivity contribution is -0.134. The molecule has 0 aliphatic carbocycles. The summed E-state index contributed by atoms with van der Waals surface area (Å²) in [6, 6.07) is 9.37. The normalized spacial score (nSPS) is 18.8. The molecule has 2 aliphatic heterocycles. The van der Waals surface area contributed by atoms with Crippen LogP contribution in [0.5, 0.6) is 0 Å². The Bertz CT molecular complexity index is 896. The molecule has 1 N–H and O–H groups in total. The van der Waals surface area contributed by atoms with Crippen LogP contribution in [0.1, 0.15) is 24.1 Å². The molecule has 2 aliphatic rings. The van der Waals surface area contributed by atoms with Gasteiger partial charge in [-0.1, -0.05) is 30.3 Å². The van der Waals surface area contributed by atoms with Crippen LogP contribution in [0.4, 0.5) is 10.6 Å². The lowest BCUT2D eigenvalue weighted by atomic mass is 9.85. The molecule has 0 unspecified atom stereocenters. The maximum atomic E-state index is 13.3. The molecule has 29 heavy (non-hydrogen) atoms. The number of benzene rings is 1. The number of imide groups is 1. The van der Waals surface area contributed by atoms with Crippen molar-refractivity contribution in [1.82, 2.24) is 19.8 Å². The Balaban J connectivity index is 1.60. The van der Waals surface area contributed by atoms with Gasteiger partial charge >= 0.3 is 6.03 Å². The molecule has 0 radical (unpaired) electrons. The molecule has 1 aromatic heterocycles. The number of aliphatic hydroxyl groups excluding tert-OH is 1. The van der Waals surface area contributed by atoms with Gasteiger partial charge in [0.1, 0.15) is 11.4 Å². The number of rotatable bonds is 5. The fourth-order valence-electron chi connectivity index (χ4n) is 4.26. The van der Waals surface area contributed by atoms with Gasteiger partial charge in [-0.25, -0.2) is 9.78 Å². The van der Waals surface area contributed by atoms with Crippen molar-refractivity contribution in [2.75, 3.05) is 31.1 Å². The third-order valence-corrected chi connectivity index (χ3v) is 5.79. The summed E-state index contributed by atoms with van der Waals surface area (Å²) in [6.45, 7) is 3.27. The van der Waals surface area contributed by atoms with E-state index in [-0.39, 0.29) is 25.1 Å². The van der Waals surface area contributed by atoms with E-state index >= 15 is 0 Å². The van der Waals surface area contributed by atoms with Crippen molar-refractivity contribution in [2.24, 2.45) is 0 Å². The van der Waals surface area contributed by atoms with Crippen LogP contribution in [0.2, 0.25) is 0 Å². The summed E-state index contributed by atoms with van der Waals surface area (Å²) in [5.74, 6) is 0.584. The predicted molar refractivity (Wildman–Crippen MR) is 107 cm³/mol. The third-order valence-electron chi connectivity index (χ3n) is 5.79. The Morgan fingerprint density at radius 2 is 1.83 bits per heavy atom. The quantitative estimate of drug-likeness (QED) is 0.773. The highest BCUT2D eigenvalue weighted by molar-refractivity contribution is 6.07. The number of piperidine rings is 1. The van der Waals surface area contributed by atoms with E-state index in [1.165, 1.54) is 4.90 Å². The first-order valence-electron chi connectivity index (χ1n) is 9.87. The average molecular weight is 395 g/mol. The fraction of sp³-hybridized carbons (Fsp3) is 0.429. The minimum atomic E-state index is -0.879. The number of urea groups is 1. The summed E-state index contributed by atoms with van der Waals surface area (Å²) in [7, 11) is 0. The van der Waals surface area contributed by atoms with Crippen molar-refractivity contribution < 1.29 is 14.7 Å². The zero-order valence-electron chi connectivity index (χ0n) is 16.5. The van der Waals surface area contributed by atoms with Crippen LogP contribution in [0.15, 0.2) is 42.7 Å². The van der Waals surface area contributed by atoms with Crippen LogP contribution in [0, 0.1) is 6.92 Å². The molecule has 1 spiro atoms. The molecular weight excluding hydrogens is 370 g/mol. The monoisotopic (exact) mass is 395 g/mol. The molecule has 2 fully saturated rings. The van der Waals surface area contributed by atoms with Crippen LogP contribution in [-0.4, -0.2) is 68.6 Å². The summed E-state index contributed by atoms with van der Waals surface area (Å²) in [5.41, 5.74) is 0.941. The van der Waals surface area contributed by atoms with E-state index in [1.54, 1.807) is 17.3 Å². The minimum Gasteiger partial charge on any atom is -0.395 e. The molecule has 1 aromatic carbocycles. The van der Waals surface area contributed by atoms with Gasteiger partial charge in [-0.15, -0.1) is 0 Å². The molecule has 8 heteroatoms. The molecule has 8 nitrogen and oxygen atoms in total. The Labute approximate surface area is 169 Å². The van der Waals surface area contributed by atoms with Gasteiger partial charge in [0.15, 0.2) is 0 Å². The van der Waals surface area contributed by atoms with Crippen LogP contribution >= 0.6 is 0 Å². The molecule has 0 atom stereocenters. The van der Waals surface area contributed by atoms with Gasteiger partial charge < -0.3 is 14.9 Å². The molecule has 3 amide bonds. The lowest BCUT2D eigenvalue weighted by Gasteiger charge is -2.42. The summed E-state index contributed by atoms with van der Waals surface area (Å²) in [4.78, 5) is 40.1. The average Bonchev–Trinajstić information content (AvgIpc) is 2.92. The largest absolute Gasteiger partial charge is 0.395 e. The van der Waals surface area contributed by atoms with Gasteiger partial charge in [0.25, 0.3) is 5.91 Å². The van der Waals surface area contributed by atoms with Gasteiger partial charge in [-0.2, -0.15) is 0 Å². The number of anilines is 1. The van der Waals surface area contributed by atoms with E-state index < -0.39 is 5.54 Å². The number of aliphatic hydroxyl groups is 1. The van der Waals surface area contributed by atoms with Crippen molar-refractivity contribution in [3.05, 3.63) is 54.0 Å². The number of β-amino-alcohol motifs (C(OH)–C–C–N with tert-alkyl or cyclic N) is 1. The fourth-order valence-corrected chi connectivity index (χ4v) is 4.26. The van der Waals surface area contributed by atoms with E-state index in [9.17, 15) is 14.7 Å². The molecule has 152 valence electrons. The maximum Gasteiger partial charge on any atom is 0.328 e. The van der Waals surface area contributed by atoms with Crippen LogP contribution in [0.3, 0.4) is 0 Å². The summed E-state index contributed by atoms with van der Waals surface area (Å²) in [5, 5.41) is 9.35. The maximum absolute atomic E-state index is 13.3. The second kappa shape index (κ2) is 7.79. The van der Waals surface area contributed by atoms with Crippen LogP contribution in [0.25, 0.3) is 0 Å². The number of nitrogens with zero attached hydrogens (tertiary/aromatic N) is 5. The second-order valence-corrected chi connectivity index (χ2v) is 7.57. The van der Waals surface area contributed by atoms with Crippen molar-refractivity contribution in [1.29, 1.82) is 0 Å². The number of amides is 3. The zero-order valence-corrected chi connectivity index (χ0v) is 16.5. The molecule has 4 rings (SSSR count). The van der Waals surface area contributed by atoms with Crippen molar-refractivity contribution in [3.63, 3.8) is 0 Å². The highest BCUT2D eigenvalue weighted by atomic mass is 16.3. The van der Waals surface area contributed by atoms with Gasteiger partial charge in [0.2, 0.25) is 0 Å². The topological polar surface area (TPSA) is 89.9 Å². The van der Waals surface area contributed by atoms with E-state index in [2.05, 4.69) is 14.9 Å². The Morgan fingerprint density at radius 3 is 2.48 bits per heavy atom. The lowest BCUT2D eigenvalue weighted by Crippen LogP contribution is -2.56. The Hall–Kier alpha value is -3.00. The third kappa shape index (κ3) is 3.44. The van der Waals surface area contributed by atoms with E-state index in [0.717, 1.165) is 17.1 Å². The SMILES string of the molecule is Cc1cncc(N2CCC3(CC2)C(=O)N(CCO)C(=O)N3Cc2ccccc2)n1.